The predicted molar refractivity (Wildman–Crippen MR) is 57.5 cm³/mol. The van der Waals surface area contributed by atoms with Gasteiger partial charge in [-0.15, -0.1) is 0 Å². The van der Waals surface area contributed by atoms with Crippen LogP contribution < -0.4 is 4.90 Å². The summed E-state index contributed by atoms with van der Waals surface area (Å²) in [5, 5.41) is 0.231. The summed E-state index contributed by atoms with van der Waals surface area (Å²) in [7, 11) is 0. The van der Waals surface area contributed by atoms with E-state index in [2.05, 4.69) is 15.0 Å². The average Bonchev–Trinajstić information content (AvgIpc) is 2.08. The highest BCUT2D eigenvalue weighted by Gasteiger charge is 2.29. The van der Waals surface area contributed by atoms with Crippen molar-refractivity contribution in [2.75, 3.05) is 24.6 Å². The molecule has 1 fully saturated rings. The zero-order valence-electron chi connectivity index (χ0n) is 8.15. The largest absolute Gasteiger partial charge is 0.375 e. The van der Waals surface area contributed by atoms with Gasteiger partial charge in [-0.1, -0.05) is 0 Å². The fraction of sp³-hybridized carbons (Fsp3) is 0.625. The molecule has 0 bridgehead atoms. The van der Waals surface area contributed by atoms with E-state index in [0.717, 1.165) is 19.7 Å². The third-order valence-electron chi connectivity index (χ3n) is 2.10. The highest BCUT2D eigenvalue weighted by atomic mass is 35.5. The molecule has 0 atom stereocenters. The van der Waals surface area contributed by atoms with E-state index in [4.69, 9.17) is 27.9 Å². The summed E-state index contributed by atoms with van der Waals surface area (Å²) in [6, 6.07) is 0. The summed E-state index contributed by atoms with van der Waals surface area (Å²) in [5.74, 6) is 0.510. The van der Waals surface area contributed by atoms with Crippen molar-refractivity contribution >= 4 is 29.2 Å². The Morgan fingerprint density at radius 3 is 2.40 bits per heavy atom. The zero-order chi connectivity index (χ0) is 10.8. The van der Waals surface area contributed by atoms with E-state index in [9.17, 15) is 0 Å². The van der Waals surface area contributed by atoms with Gasteiger partial charge in [-0.3, -0.25) is 0 Å². The van der Waals surface area contributed by atoms with Crippen LogP contribution in [-0.2, 0) is 4.74 Å². The van der Waals surface area contributed by atoms with Crippen LogP contribution in [0.5, 0.6) is 0 Å². The van der Waals surface area contributed by atoms with Gasteiger partial charge in [0, 0.05) is 19.7 Å². The van der Waals surface area contributed by atoms with Gasteiger partial charge in [0.1, 0.15) is 0 Å². The van der Waals surface area contributed by atoms with Crippen LogP contribution in [0.25, 0.3) is 0 Å². The lowest BCUT2D eigenvalue weighted by Gasteiger charge is -2.38. The minimum Gasteiger partial charge on any atom is -0.375 e. The first-order chi connectivity index (χ1) is 7.19. The second-order valence-electron chi connectivity index (χ2n) is 3.16. The molecule has 2 heterocycles. The number of rotatable bonds is 3. The van der Waals surface area contributed by atoms with Gasteiger partial charge in [0.2, 0.25) is 16.5 Å². The molecule has 1 saturated heterocycles. The number of ether oxygens (including phenoxy) is 1. The number of anilines is 1. The molecule has 0 unspecified atom stereocenters. The van der Waals surface area contributed by atoms with Gasteiger partial charge in [0.15, 0.2) is 0 Å². The maximum atomic E-state index is 5.67. The number of nitrogens with zero attached hydrogens (tertiary/aromatic N) is 4. The van der Waals surface area contributed by atoms with Gasteiger partial charge < -0.3 is 9.64 Å². The highest BCUT2D eigenvalue weighted by molar-refractivity contribution is 6.31. The summed E-state index contributed by atoms with van der Waals surface area (Å²) in [4.78, 5) is 13.6. The molecule has 1 aliphatic rings. The number of halogens is 2. The molecule has 0 aliphatic carbocycles. The van der Waals surface area contributed by atoms with E-state index in [1.807, 2.05) is 11.8 Å². The Hall–Kier alpha value is -0.650. The Morgan fingerprint density at radius 2 is 1.87 bits per heavy atom. The number of hydrogen-bond donors (Lipinski definition) is 0. The molecular weight excluding hydrogens is 239 g/mol. The van der Waals surface area contributed by atoms with Crippen molar-refractivity contribution in [3.63, 3.8) is 0 Å². The van der Waals surface area contributed by atoms with Crippen LogP contribution in [0, 0.1) is 0 Å². The second kappa shape index (κ2) is 4.47. The molecule has 1 aliphatic heterocycles. The van der Waals surface area contributed by atoms with Crippen molar-refractivity contribution in [3.8, 4) is 0 Å². The maximum Gasteiger partial charge on any atom is 0.231 e. The van der Waals surface area contributed by atoms with Gasteiger partial charge in [0.25, 0.3) is 0 Å². The Balaban J connectivity index is 2.00. The zero-order valence-corrected chi connectivity index (χ0v) is 9.66. The minimum absolute atomic E-state index is 0.116. The van der Waals surface area contributed by atoms with Crippen LogP contribution in [0.4, 0.5) is 5.95 Å². The van der Waals surface area contributed by atoms with E-state index < -0.39 is 0 Å². The molecule has 0 radical (unpaired) electrons. The van der Waals surface area contributed by atoms with Crippen LogP contribution in [-0.4, -0.2) is 40.8 Å². The first-order valence-corrected chi connectivity index (χ1v) is 5.38. The van der Waals surface area contributed by atoms with Gasteiger partial charge in [-0.25, -0.2) is 0 Å². The molecule has 5 nitrogen and oxygen atoms in total. The van der Waals surface area contributed by atoms with E-state index >= 15 is 0 Å². The van der Waals surface area contributed by atoms with Crippen LogP contribution in [0.2, 0.25) is 10.6 Å². The van der Waals surface area contributed by atoms with E-state index in [1.165, 1.54) is 0 Å². The Kier molecular flexibility index (Phi) is 3.23. The highest BCUT2D eigenvalue weighted by Crippen LogP contribution is 2.20. The summed E-state index contributed by atoms with van der Waals surface area (Å²) in [5.41, 5.74) is 0. The van der Waals surface area contributed by atoms with Crippen molar-refractivity contribution < 1.29 is 4.74 Å². The van der Waals surface area contributed by atoms with E-state index in [0.29, 0.717) is 5.95 Å². The third-order valence-corrected chi connectivity index (χ3v) is 2.44. The molecule has 0 spiro atoms. The number of aromatic nitrogens is 3. The minimum atomic E-state index is 0.116. The second-order valence-corrected chi connectivity index (χ2v) is 3.83. The van der Waals surface area contributed by atoms with Gasteiger partial charge in [-0.05, 0) is 30.1 Å². The fourth-order valence-electron chi connectivity index (χ4n) is 1.40. The van der Waals surface area contributed by atoms with Crippen molar-refractivity contribution in [2.24, 2.45) is 0 Å². The normalized spacial score (nSPS) is 16.6. The average molecular weight is 249 g/mol. The molecule has 0 amide bonds. The van der Waals surface area contributed by atoms with Crippen molar-refractivity contribution in [2.45, 2.75) is 13.0 Å². The standard InChI is InChI=1S/C8H10Cl2N4O/c1-2-15-5-3-14(4-5)8-12-6(9)11-7(10)13-8/h5H,2-4H2,1H3. The Morgan fingerprint density at radius 1 is 1.27 bits per heavy atom. The molecule has 0 saturated carbocycles. The molecule has 0 N–H and O–H groups in total. The molecule has 7 heteroatoms. The fourth-order valence-corrected chi connectivity index (χ4v) is 1.75. The van der Waals surface area contributed by atoms with E-state index in [1.54, 1.807) is 0 Å². The lowest BCUT2D eigenvalue weighted by molar-refractivity contribution is 0.0423. The predicted octanol–water partition coefficient (Wildman–Crippen LogP) is 1.40. The molecule has 0 aromatic carbocycles. The van der Waals surface area contributed by atoms with Crippen molar-refractivity contribution in [3.05, 3.63) is 10.6 Å². The van der Waals surface area contributed by atoms with Gasteiger partial charge in [-0.2, -0.15) is 15.0 Å². The van der Waals surface area contributed by atoms with Gasteiger partial charge in [0.05, 0.1) is 6.10 Å². The van der Waals surface area contributed by atoms with Crippen molar-refractivity contribution in [1.29, 1.82) is 0 Å². The molecular formula is C8H10Cl2N4O. The topological polar surface area (TPSA) is 51.1 Å². The van der Waals surface area contributed by atoms with Crippen LogP contribution in [0.3, 0.4) is 0 Å². The lowest BCUT2D eigenvalue weighted by Crippen LogP contribution is -2.53. The lowest BCUT2D eigenvalue weighted by atomic mass is 10.2. The van der Waals surface area contributed by atoms with Crippen LogP contribution in [0.15, 0.2) is 0 Å². The smallest absolute Gasteiger partial charge is 0.231 e. The molecule has 82 valence electrons. The molecule has 15 heavy (non-hydrogen) atoms. The molecule has 1 aromatic rings. The van der Waals surface area contributed by atoms with Crippen LogP contribution in [0.1, 0.15) is 6.92 Å². The number of hydrogen-bond acceptors (Lipinski definition) is 5. The SMILES string of the molecule is CCOC1CN(c2nc(Cl)nc(Cl)n2)C1. The van der Waals surface area contributed by atoms with Crippen molar-refractivity contribution in [1.82, 2.24) is 15.0 Å². The molecule has 1 aromatic heterocycles. The summed E-state index contributed by atoms with van der Waals surface area (Å²) in [6.07, 6.45) is 0.254. The molecule has 2 rings (SSSR count). The first kappa shape index (κ1) is 10.9. The first-order valence-electron chi connectivity index (χ1n) is 4.62. The summed E-state index contributed by atoms with van der Waals surface area (Å²) >= 11 is 11.3. The monoisotopic (exact) mass is 248 g/mol. The Labute approximate surface area is 97.4 Å². The summed E-state index contributed by atoms with van der Waals surface area (Å²) in [6.45, 7) is 4.23. The quantitative estimate of drug-likeness (QED) is 0.810. The van der Waals surface area contributed by atoms with Gasteiger partial charge >= 0.3 is 0 Å². The van der Waals surface area contributed by atoms with E-state index in [-0.39, 0.29) is 16.7 Å². The van der Waals surface area contributed by atoms with Crippen LogP contribution >= 0.6 is 23.2 Å². The summed E-state index contributed by atoms with van der Waals surface area (Å²) < 4.78 is 5.41. The maximum absolute atomic E-state index is 5.67. The third kappa shape index (κ3) is 2.48. The Bertz CT molecular complexity index is 336.